The number of rotatable bonds is 5. The third-order valence-electron chi connectivity index (χ3n) is 3.64. The zero-order valence-corrected chi connectivity index (χ0v) is 20.2. The Morgan fingerprint density at radius 2 is 1.47 bits per heavy atom. The monoisotopic (exact) mass is 532 g/mol. The molecule has 0 aliphatic rings. The first-order chi connectivity index (χ1) is 15.9. The summed E-state index contributed by atoms with van der Waals surface area (Å²) in [7, 11) is -2.49. The van der Waals surface area contributed by atoms with Gasteiger partial charge in [0, 0.05) is 34.8 Å². The minimum Gasteiger partial charge on any atom is -0.453 e. The molecule has 2 rings (SSSR count). The van der Waals surface area contributed by atoms with E-state index in [-0.39, 0.29) is 27.2 Å². The van der Waals surface area contributed by atoms with Crippen molar-refractivity contribution in [3.63, 3.8) is 0 Å². The molecule has 0 saturated carbocycles. The summed E-state index contributed by atoms with van der Waals surface area (Å²) in [6, 6.07) is 7.41. The summed E-state index contributed by atoms with van der Waals surface area (Å²) in [5.74, 6) is -1.19. The summed E-state index contributed by atoms with van der Waals surface area (Å²) in [5.41, 5.74) is -0.189. The summed E-state index contributed by atoms with van der Waals surface area (Å²) >= 11 is 11.8. The van der Waals surface area contributed by atoms with Crippen LogP contribution in [0.25, 0.3) is 0 Å². The van der Waals surface area contributed by atoms with Crippen LogP contribution in [-0.2, 0) is 24.4 Å². The molecule has 0 heterocycles. The molecule has 12 nitrogen and oxygen atoms in total. The Morgan fingerprint density at radius 1 is 0.912 bits per heavy atom. The molecule has 0 spiro atoms. The molecular formula is C19H18Cl2N4O8S. The van der Waals surface area contributed by atoms with Crippen molar-refractivity contribution >= 4 is 68.7 Å². The van der Waals surface area contributed by atoms with Gasteiger partial charge in [0.15, 0.2) is 0 Å². The van der Waals surface area contributed by atoms with Gasteiger partial charge in [-0.25, -0.2) is 14.6 Å². The zero-order valence-electron chi connectivity index (χ0n) is 17.8. The summed E-state index contributed by atoms with van der Waals surface area (Å²) in [6.45, 7) is 1.23. The van der Waals surface area contributed by atoms with E-state index in [1.54, 1.807) is 0 Å². The van der Waals surface area contributed by atoms with E-state index in [4.69, 9.17) is 27.4 Å². The van der Waals surface area contributed by atoms with Crippen LogP contribution in [0.5, 0.6) is 5.75 Å². The number of benzene rings is 2. The van der Waals surface area contributed by atoms with Crippen LogP contribution in [0.4, 0.5) is 21.0 Å². The predicted octanol–water partition coefficient (Wildman–Crippen LogP) is 3.42. The lowest BCUT2D eigenvalue weighted by Crippen LogP contribution is -2.43. The van der Waals surface area contributed by atoms with Gasteiger partial charge in [-0.15, -0.1) is 0 Å². The van der Waals surface area contributed by atoms with Crippen LogP contribution in [0, 0.1) is 0 Å². The number of ether oxygens (including phenoxy) is 2. The normalized spacial score (nSPS) is 10.5. The molecule has 0 aliphatic carbocycles. The lowest BCUT2D eigenvalue weighted by atomic mass is 10.3. The number of hydrogen-bond acceptors (Lipinski definition) is 9. The number of carbonyl (C=O) groups is 3. The maximum Gasteiger partial charge on any atom is 0.413 e. The molecule has 0 radical (unpaired) electrons. The fourth-order valence-corrected chi connectivity index (χ4v) is 3.93. The van der Waals surface area contributed by atoms with Gasteiger partial charge in [-0.2, -0.15) is 8.42 Å². The number of carbonyl (C=O) groups excluding carboxylic acids is 3. The Balaban J connectivity index is 2.62. The first kappa shape index (κ1) is 26.7. The largest absolute Gasteiger partial charge is 0.453 e. The molecule has 34 heavy (non-hydrogen) atoms. The molecule has 3 N–H and O–H groups in total. The van der Waals surface area contributed by atoms with E-state index in [9.17, 15) is 22.8 Å². The third kappa shape index (κ3) is 7.79. The van der Waals surface area contributed by atoms with E-state index < -0.39 is 39.1 Å². The highest BCUT2D eigenvalue weighted by molar-refractivity contribution is 7.87. The topological polar surface area (TPSA) is 161 Å². The smallest absolute Gasteiger partial charge is 0.413 e. The average Bonchev–Trinajstić information content (AvgIpc) is 2.72. The van der Waals surface area contributed by atoms with E-state index in [2.05, 4.69) is 30.4 Å². The second-order valence-corrected chi connectivity index (χ2v) is 8.59. The van der Waals surface area contributed by atoms with Crippen LogP contribution in [0.2, 0.25) is 10.0 Å². The average molecular weight is 533 g/mol. The van der Waals surface area contributed by atoms with Crippen molar-refractivity contribution < 1.29 is 36.5 Å². The van der Waals surface area contributed by atoms with Crippen molar-refractivity contribution in [1.29, 1.82) is 0 Å². The van der Waals surface area contributed by atoms with Crippen molar-refractivity contribution in [3.05, 3.63) is 46.4 Å². The van der Waals surface area contributed by atoms with E-state index in [1.807, 2.05) is 0 Å². The van der Waals surface area contributed by atoms with Crippen molar-refractivity contribution in [1.82, 2.24) is 10.6 Å². The van der Waals surface area contributed by atoms with E-state index in [0.717, 1.165) is 20.3 Å². The highest BCUT2D eigenvalue weighted by Gasteiger charge is 2.24. The molecule has 0 unspecified atom stereocenters. The molecule has 2 aromatic carbocycles. The Morgan fingerprint density at radius 3 is 1.97 bits per heavy atom. The summed E-state index contributed by atoms with van der Waals surface area (Å²) in [6.07, 6.45) is -2.03. The molecule has 0 bridgehead atoms. The Kier molecular flexibility index (Phi) is 9.06. The maximum atomic E-state index is 13.1. The first-order valence-electron chi connectivity index (χ1n) is 9.04. The Hall–Kier alpha value is -3.55. The highest BCUT2D eigenvalue weighted by atomic mass is 35.5. The van der Waals surface area contributed by atoms with Gasteiger partial charge in [-0.1, -0.05) is 23.2 Å². The van der Waals surface area contributed by atoms with Crippen molar-refractivity contribution in [2.75, 3.05) is 19.5 Å². The van der Waals surface area contributed by atoms with Crippen LogP contribution in [0.3, 0.4) is 0 Å². The molecule has 0 aliphatic heterocycles. The summed E-state index contributed by atoms with van der Waals surface area (Å²) in [4.78, 5) is 38.1. The zero-order chi connectivity index (χ0) is 25.5. The molecule has 3 amide bonds. The van der Waals surface area contributed by atoms with Gasteiger partial charge in [0.1, 0.15) is 10.6 Å². The number of methoxy groups -OCH3 is 2. The fraction of sp³-hybridized carbons (Fsp3) is 0.158. The van der Waals surface area contributed by atoms with Crippen LogP contribution < -0.4 is 20.1 Å². The van der Waals surface area contributed by atoms with Gasteiger partial charge in [0.25, 0.3) is 0 Å². The van der Waals surface area contributed by atoms with Crippen LogP contribution >= 0.6 is 23.2 Å². The quantitative estimate of drug-likeness (QED) is 0.299. The number of halogens is 2. The van der Waals surface area contributed by atoms with Gasteiger partial charge in [-0.3, -0.25) is 15.4 Å². The third-order valence-corrected chi connectivity index (χ3v) is 5.35. The number of hydrogen-bond donors (Lipinski definition) is 3. The van der Waals surface area contributed by atoms with Crippen molar-refractivity contribution in [2.45, 2.75) is 11.8 Å². The fourth-order valence-electron chi connectivity index (χ4n) is 2.34. The van der Waals surface area contributed by atoms with E-state index in [0.29, 0.717) is 0 Å². The van der Waals surface area contributed by atoms with E-state index in [1.165, 1.54) is 37.3 Å². The minimum atomic E-state index is -4.61. The number of nitrogens with one attached hydrogen (secondary N) is 3. The first-order valence-corrected chi connectivity index (χ1v) is 11.2. The maximum absolute atomic E-state index is 13.1. The molecule has 0 fully saturated rings. The lowest BCUT2D eigenvalue weighted by molar-refractivity contribution is -0.114. The van der Waals surface area contributed by atoms with Crippen LogP contribution in [0.1, 0.15) is 6.92 Å². The summed E-state index contributed by atoms with van der Waals surface area (Å²) < 4.78 is 40.3. The van der Waals surface area contributed by atoms with Crippen molar-refractivity contribution in [3.8, 4) is 5.75 Å². The molecular weight excluding hydrogens is 515 g/mol. The molecule has 0 atom stereocenters. The number of aliphatic imine (C=N–C) groups is 1. The standard InChI is InChI=1S/C19H18Cl2N4O8S/c1-10(26)22-13-4-5-15(23-17(24-18(27)31-2)25-19(28)32-3)16(9-13)34(29,30)33-14-7-11(20)6-12(21)8-14/h4-9H,1-3H3,(H,22,26)(H2,23,24,25,27,28). The Labute approximate surface area is 204 Å². The number of amides is 3. The molecule has 0 aromatic heterocycles. The van der Waals surface area contributed by atoms with Crippen LogP contribution in [0.15, 0.2) is 46.3 Å². The van der Waals surface area contributed by atoms with Gasteiger partial charge in [0.2, 0.25) is 11.9 Å². The number of nitrogens with zero attached hydrogens (tertiary/aromatic N) is 1. The molecule has 15 heteroatoms. The Bertz CT molecular complexity index is 1210. The van der Waals surface area contributed by atoms with Gasteiger partial charge < -0.3 is 19.0 Å². The predicted molar refractivity (Wildman–Crippen MR) is 123 cm³/mol. The molecule has 2 aromatic rings. The van der Waals surface area contributed by atoms with Crippen LogP contribution in [-0.4, -0.2) is 46.7 Å². The lowest BCUT2D eigenvalue weighted by Gasteiger charge is -2.13. The van der Waals surface area contributed by atoms with Gasteiger partial charge in [-0.05, 0) is 24.3 Å². The van der Waals surface area contributed by atoms with E-state index >= 15 is 0 Å². The number of guanidine groups is 1. The SMILES string of the molecule is COC(=O)NC(=Nc1ccc(NC(C)=O)cc1S(=O)(=O)Oc1cc(Cl)cc(Cl)c1)NC(=O)OC. The van der Waals surface area contributed by atoms with Crippen molar-refractivity contribution in [2.24, 2.45) is 4.99 Å². The highest BCUT2D eigenvalue weighted by Crippen LogP contribution is 2.32. The molecule has 182 valence electrons. The minimum absolute atomic E-state index is 0.0983. The second-order valence-electron chi connectivity index (χ2n) is 6.20. The number of alkyl carbamates (subject to hydrolysis) is 2. The second kappa shape index (κ2) is 11.5. The summed E-state index contributed by atoms with van der Waals surface area (Å²) in [5, 5.41) is 6.89. The van der Waals surface area contributed by atoms with Gasteiger partial charge >= 0.3 is 22.3 Å². The number of anilines is 1. The molecule has 0 saturated heterocycles. The van der Waals surface area contributed by atoms with Gasteiger partial charge in [0.05, 0.1) is 19.9 Å².